The van der Waals surface area contributed by atoms with Crippen LogP contribution in [0, 0.1) is 5.41 Å². The van der Waals surface area contributed by atoms with Crippen LogP contribution in [0.4, 0.5) is 0 Å². The fourth-order valence-corrected chi connectivity index (χ4v) is 3.43. The standard InChI is InChI=1S/C14H17N3O3/c18-11-7-14(5-1-2-6-14)13(19)17(11)8-10-15-12(20-16-10)9-3-4-9/h9H,1-8H2. The van der Waals surface area contributed by atoms with E-state index in [1.54, 1.807) is 0 Å². The maximum absolute atomic E-state index is 12.5. The molecule has 1 aliphatic heterocycles. The van der Waals surface area contributed by atoms with E-state index in [-0.39, 0.29) is 18.4 Å². The molecule has 20 heavy (non-hydrogen) atoms. The van der Waals surface area contributed by atoms with E-state index in [1.165, 1.54) is 4.90 Å². The number of hydrogen-bond donors (Lipinski definition) is 0. The number of hydrogen-bond acceptors (Lipinski definition) is 5. The van der Waals surface area contributed by atoms with Crippen molar-refractivity contribution in [1.82, 2.24) is 15.0 Å². The van der Waals surface area contributed by atoms with Crippen LogP contribution in [0.25, 0.3) is 0 Å². The van der Waals surface area contributed by atoms with E-state index < -0.39 is 5.41 Å². The van der Waals surface area contributed by atoms with Crippen LogP contribution >= 0.6 is 0 Å². The summed E-state index contributed by atoms with van der Waals surface area (Å²) in [5.41, 5.74) is -0.417. The highest BCUT2D eigenvalue weighted by Gasteiger charge is 2.52. The zero-order chi connectivity index (χ0) is 13.7. The molecule has 4 rings (SSSR count). The number of aromatic nitrogens is 2. The summed E-state index contributed by atoms with van der Waals surface area (Å²) >= 11 is 0. The Labute approximate surface area is 116 Å². The fraction of sp³-hybridized carbons (Fsp3) is 0.714. The second-order valence-corrected chi connectivity index (χ2v) is 6.27. The Balaban J connectivity index is 1.52. The van der Waals surface area contributed by atoms with Crippen molar-refractivity contribution in [1.29, 1.82) is 0 Å². The van der Waals surface area contributed by atoms with Crippen molar-refractivity contribution < 1.29 is 14.1 Å². The van der Waals surface area contributed by atoms with Gasteiger partial charge in [-0.3, -0.25) is 14.5 Å². The van der Waals surface area contributed by atoms with Crippen LogP contribution < -0.4 is 0 Å². The molecule has 2 aliphatic carbocycles. The second kappa shape index (κ2) is 4.14. The molecule has 1 aromatic rings. The highest BCUT2D eigenvalue weighted by atomic mass is 16.5. The molecule has 6 heteroatoms. The van der Waals surface area contributed by atoms with E-state index >= 15 is 0 Å². The molecule has 0 atom stereocenters. The lowest BCUT2D eigenvalue weighted by Gasteiger charge is -2.19. The van der Waals surface area contributed by atoms with E-state index in [0.29, 0.717) is 24.1 Å². The lowest BCUT2D eigenvalue weighted by molar-refractivity contribution is -0.142. The van der Waals surface area contributed by atoms with Crippen LogP contribution in [-0.2, 0) is 16.1 Å². The molecule has 3 fully saturated rings. The Morgan fingerprint density at radius 2 is 2.00 bits per heavy atom. The molecule has 2 saturated carbocycles. The minimum atomic E-state index is -0.417. The van der Waals surface area contributed by atoms with Crippen molar-refractivity contribution in [3.63, 3.8) is 0 Å². The average Bonchev–Trinajstić information content (AvgIpc) is 2.92. The molecule has 0 aromatic carbocycles. The van der Waals surface area contributed by atoms with Crippen molar-refractivity contribution in [2.45, 2.75) is 57.4 Å². The average molecular weight is 275 g/mol. The molecule has 2 amide bonds. The molecule has 6 nitrogen and oxygen atoms in total. The Kier molecular flexibility index (Phi) is 2.49. The quantitative estimate of drug-likeness (QED) is 0.786. The number of carbonyl (C=O) groups excluding carboxylic acids is 2. The summed E-state index contributed by atoms with van der Waals surface area (Å²) in [5.74, 6) is 1.37. The monoisotopic (exact) mass is 275 g/mol. The van der Waals surface area contributed by atoms with Gasteiger partial charge in [-0.25, -0.2) is 0 Å². The molecule has 106 valence electrons. The van der Waals surface area contributed by atoms with Crippen LogP contribution in [0.2, 0.25) is 0 Å². The van der Waals surface area contributed by atoms with Gasteiger partial charge in [0.1, 0.15) is 0 Å². The first kappa shape index (κ1) is 12.1. The summed E-state index contributed by atoms with van der Waals surface area (Å²) in [7, 11) is 0. The topological polar surface area (TPSA) is 76.3 Å². The minimum absolute atomic E-state index is 0.0298. The number of amides is 2. The zero-order valence-electron chi connectivity index (χ0n) is 11.3. The van der Waals surface area contributed by atoms with Gasteiger partial charge < -0.3 is 4.52 Å². The van der Waals surface area contributed by atoms with E-state index in [9.17, 15) is 9.59 Å². The van der Waals surface area contributed by atoms with Crippen molar-refractivity contribution in [3.8, 4) is 0 Å². The molecule has 1 spiro atoms. The van der Waals surface area contributed by atoms with Crippen LogP contribution in [0.5, 0.6) is 0 Å². The Hall–Kier alpha value is -1.72. The van der Waals surface area contributed by atoms with Crippen molar-refractivity contribution in [2.75, 3.05) is 0 Å². The smallest absolute Gasteiger partial charge is 0.236 e. The summed E-state index contributed by atoms with van der Waals surface area (Å²) in [6.07, 6.45) is 6.31. The Morgan fingerprint density at radius 3 is 2.70 bits per heavy atom. The van der Waals surface area contributed by atoms with Gasteiger partial charge in [-0.05, 0) is 25.7 Å². The van der Waals surface area contributed by atoms with Crippen LogP contribution in [-0.4, -0.2) is 26.9 Å². The SMILES string of the molecule is O=C1CC2(CCCC2)C(=O)N1Cc1noc(C2CC2)n1. The summed E-state index contributed by atoms with van der Waals surface area (Å²) < 4.78 is 5.18. The van der Waals surface area contributed by atoms with Gasteiger partial charge in [0.15, 0.2) is 5.82 Å². The molecule has 0 bridgehead atoms. The molecule has 3 aliphatic rings. The van der Waals surface area contributed by atoms with Gasteiger partial charge in [0.05, 0.1) is 12.0 Å². The summed E-state index contributed by atoms with van der Waals surface area (Å²) in [4.78, 5) is 30.3. The number of imide groups is 1. The van der Waals surface area contributed by atoms with Crippen LogP contribution in [0.15, 0.2) is 4.52 Å². The molecule has 2 heterocycles. The van der Waals surface area contributed by atoms with Crippen molar-refractivity contribution >= 4 is 11.8 Å². The van der Waals surface area contributed by atoms with Gasteiger partial charge in [0.2, 0.25) is 17.7 Å². The third-order valence-corrected chi connectivity index (χ3v) is 4.76. The molecule has 0 N–H and O–H groups in total. The molecular formula is C14H17N3O3. The third kappa shape index (κ3) is 1.77. The molecule has 0 radical (unpaired) electrons. The predicted molar refractivity (Wildman–Crippen MR) is 67.3 cm³/mol. The van der Waals surface area contributed by atoms with E-state index in [2.05, 4.69) is 10.1 Å². The molecule has 0 unspecified atom stereocenters. The first-order chi connectivity index (χ1) is 9.68. The minimum Gasteiger partial charge on any atom is -0.339 e. The molecular weight excluding hydrogens is 258 g/mol. The van der Waals surface area contributed by atoms with Gasteiger partial charge in [-0.15, -0.1) is 0 Å². The van der Waals surface area contributed by atoms with E-state index in [1.807, 2.05) is 0 Å². The first-order valence-electron chi connectivity index (χ1n) is 7.35. The predicted octanol–water partition coefficient (Wildman–Crippen LogP) is 1.77. The van der Waals surface area contributed by atoms with Gasteiger partial charge in [0, 0.05) is 12.3 Å². The largest absolute Gasteiger partial charge is 0.339 e. The highest BCUT2D eigenvalue weighted by molar-refractivity contribution is 6.05. The Bertz CT molecular complexity index is 570. The van der Waals surface area contributed by atoms with E-state index in [0.717, 1.165) is 38.5 Å². The Morgan fingerprint density at radius 1 is 1.25 bits per heavy atom. The van der Waals surface area contributed by atoms with Gasteiger partial charge in [-0.2, -0.15) is 4.98 Å². The number of rotatable bonds is 3. The highest BCUT2D eigenvalue weighted by Crippen LogP contribution is 2.47. The fourth-order valence-electron chi connectivity index (χ4n) is 3.43. The van der Waals surface area contributed by atoms with Gasteiger partial charge >= 0.3 is 0 Å². The maximum Gasteiger partial charge on any atom is 0.236 e. The summed E-state index contributed by atoms with van der Waals surface area (Å²) in [5, 5.41) is 3.89. The molecule has 1 aromatic heterocycles. The summed E-state index contributed by atoms with van der Waals surface area (Å²) in [6, 6.07) is 0. The van der Waals surface area contributed by atoms with E-state index in [4.69, 9.17) is 4.52 Å². The van der Waals surface area contributed by atoms with Gasteiger partial charge in [-0.1, -0.05) is 18.0 Å². The summed E-state index contributed by atoms with van der Waals surface area (Å²) in [6.45, 7) is 0.162. The molecule has 1 saturated heterocycles. The van der Waals surface area contributed by atoms with Crippen molar-refractivity contribution in [2.24, 2.45) is 5.41 Å². The lowest BCUT2D eigenvalue weighted by Crippen LogP contribution is -2.34. The normalized spacial score (nSPS) is 25.1. The van der Waals surface area contributed by atoms with Crippen LogP contribution in [0.3, 0.4) is 0 Å². The first-order valence-corrected chi connectivity index (χ1v) is 7.35. The van der Waals surface area contributed by atoms with Gasteiger partial charge in [0.25, 0.3) is 0 Å². The maximum atomic E-state index is 12.5. The zero-order valence-corrected chi connectivity index (χ0v) is 11.3. The van der Waals surface area contributed by atoms with Crippen LogP contribution in [0.1, 0.15) is 62.6 Å². The second-order valence-electron chi connectivity index (χ2n) is 6.27. The third-order valence-electron chi connectivity index (χ3n) is 4.76. The number of likely N-dealkylation sites (tertiary alicyclic amines) is 1. The number of carbonyl (C=O) groups is 2. The lowest BCUT2D eigenvalue weighted by atomic mass is 9.84. The van der Waals surface area contributed by atoms with Crippen molar-refractivity contribution in [3.05, 3.63) is 11.7 Å². The number of nitrogens with zero attached hydrogens (tertiary/aromatic N) is 3.